The molecule has 0 saturated carbocycles. The van der Waals surface area contributed by atoms with Crippen LogP contribution < -0.4 is 16.3 Å². The van der Waals surface area contributed by atoms with Crippen LogP contribution in [0.4, 0.5) is 0 Å². The van der Waals surface area contributed by atoms with Crippen molar-refractivity contribution in [3.8, 4) is 0 Å². The molecule has 0 aromatic rings. The zero-order valence-corrected chi connectivity index (χ0v) is 41.6. The molecule has 5 aliphatic heterocycles. The van der Waals surface area contributed by atoms with Gasteiger partial charge in [0, 0.05) is 46.4 Å². The number of esters is 6. The van der Waals surface area contributed by atoms with Crippen molar-refractivity contribution in [3.05, 3.63) is 0 Å². The Kier molecular flexibility index (Phi) is 31.9. The number of carboxylic acid groups (broad SMARTS) is 2. The molecule has 0 bridgehead atoms. The van der Waals surface area contributed by atoms with Crippen molar-refractivity contribution in [1.82, 2.24) is 41.3 Å². The molecule has 5 aliphatic rings. The predicted molar refractivity (Wildman–Crippen MR) is 241 cm³/mol. The molecule has 5 fully saturated rings. The van der Waals surface area contributed by atoms with Crippen molar-refractivity contribution in [2.24, 2.45) is 0 Å². The van der Waals surface area contributed by atoms with Crippen LogP contribution in [0.25, 0.3) is 0 Å². The van der Waals surface area contributed by atoms with E-state index < -0.39 is 53.9 Å². The minimum atomic E-state index is -1.01. The Morgan fingerprint density at radius 3 is 1.36 bits per heavy atom. The molecular formula is C43H72N8O19. The molecule has 5 saturated heterocycles. The molecule has 0 aromatic heterocycles. The van der Waals surface area contributed by atoms with Crippen LogP contribution >= 0.6 is 0 Å². The average Bonchev–Trinajstić information content (AvgIpc) is 3.74. The quantitative estimate of drug-likeness (QED) is 0.0967. The number of ketones is 1. The molecule has 70 heavy (non-hydrogen) atoms. The highest BCUT2D eigenvalue weighted by Gasteiger charge is 2.38. The van der Waals surface area contributed by atoms with E-state index in [-0.39, 0.29) is 73.7 Å². The number of aliphatic carboxylic acids is 2. The second-order valence-corrected chi connectivity index (χ2v) is 15.5. The van der Waals surface area contributed by atoms with Gasteiger partial charge < -0.3 is 33.9 Å². The first-order valence-electron chi connectivity index (χ1n) is 22.7. The number of rotatable bonds is 11. The number of nitrogens with zero attached hydrogens (tertiary/aromatic N) is 5. The van der Waals surface area contributed by atoms with Crippen LogP contribution in [0.1, 0.15) is 112 Å². The summed E-state index contributed by atoms with van der Waals surface area (Å²) in [5.41, 5.74) is 8.53. The fourth-order valence-electron chi connectivity index (χ4n) is 6.93. The number of Topliss-reactive ketones (excluding diaryl/α,β-unsaturated/α-hetero) is 1. The molecule has 27 heteroatoms. The van der Waals surface area contributed by atoms with Crippen LogP contribution in [-0.2, 0) is 81.2 Å². The monoisotopic (exact) mass is 1000 g/mol. The van der Waals surface area contributed by atoms with Crippen LogP contribution in [0.3, 0.4) is 0 Å². The third-order valence-corrected chi connectivity index (χ3v) is 10.1. The summed E-state index contributed by atoms with van der Waals surface area (Å²) in [5.74, 6) is -5.05. The maximum Gasteiger partial charge on any atom is 0.330 e. The maximum atomic E-state index is 11.6. The van der Waals surface area contributed by atoms with Crippen molar-refractivity contribution in [2.45, 2.75) is 136 Å². The van der Waals surface area contributed by atoms with Crippen molar-refractivity contribution in [2.75, 3.05) is 67.7 Å². The first-order chi connectivity index (χ1) is 33.1. The summed E-state index contributed by atoms with van der Waals surface area (Å²) < 4.78 is 22.5. The molecule has 0 spiro atoms. The third-order valence-electron chi connectivity index (χ3n) is 10.1. The lowest BCUT2D eigenvalue weighted by Crippen LogP contribution is -2.59. The van der Waals surface area contributed by atoms with E-state index in [9.17, 15) is 57.5 Å². The summed E-state index contributed by atoms with van der Waals surface area (Å²) >= 11 is 0. The molecule has 3 amide bonds. The highest BCUT2D eigenvalue weighted by molar-refractivity contribution is 5.92. The van der Waals surface area contributed by atoms with Gasteiger partial charge in [0.15, 0.2) is 6.04 Å². The summed E-state index contributed by atoms with van der Waals surface area (Å²) in [6.45, 7) is 10.8. The topological polar surface area (TPSA) is 344 Å². The van der Waals surface area contributed by atoms with E-state index in [2.05, 4.69) is 40.0 Å². The Bertz CT molecular complexity index is 1720. The maximum absolute atomic E-state index is 11.6. The normalized spacial score (nSPS) is 20.8. The summed E-state index contributed by atoms with van der Waals surface area (Å²) in [5, 5.41) is 24.1. The number of nitrogens with one attached hydrogen (secondary N) is 3. The highest BCUT2D eigenvalue weighted by atomic mass is 16.6. The van der Waals surface area contributed by atoms with E-state index in [1.54, 1.807) is 5.01 Å². The summed E-state index contributed by atoms with van der Waals surface area (Å²) in [4.78, 5) is 131. The minimum Gasteiger partial charge on any atom is -0.481 e. The Morgan fingerprint density at radius 2 is 0.986 bits per heavy atom. The van der Waals surface area contributed by atoms with Crippen LogP contribution in [0.15, 0.2) is 0 Å². The minimum absolute atomic E-state index is 0.0732. The van der Waals surface area contributed by atoms with Gasteiger partial charge >= 0.3 is 47.8 Å². The number of hydrogen-bond acceptors (Lipinski definition) is 22. The molecule has 0 radical (unpaired) electrons. The molecule has 5 N–H and O–H groups in total. The number of methoxy groups -OCH3 is 4. The van der Waals surface area contributed by atoms with E-state index >= 15 is 0 Å². The van der Waals surface area contributed by atoms with Crippen LogP contribution in [-0.4, -0.2) is 198 Å². The largest absolute Gasteiger partial charge is 0.481 e. The van der Waals surface area contributed by atoms with Gasteiger partial charge in [0.25, 0.3) is 0 Å². The van der Waals surface area contributed by atoms with Crippen LogP contribution in [0.5, 0.6) is 0 Å². The van der Waals surface area contributed by atoms with Crippen LogP contribution in [0.2, 0.25) is 0 Å². The van der Waals surface area contributed by atoms with Gasteiger partial charge in [-0.05, 0) is 58.3 Å². The molecule has 4 atom stereocenters. The molecular weight excluding hydrogens is 933 g/mol. The highest BCUT2D eigenvalue weighted by Crippen LogP contribution is 2.20. The molecule has 5 rings (SSSR count). The number of hydrazine groups is 4. The first kappa shape index (κ1) is 63.8. The van der Waals surface area contributed by atoms with Gasteiger partial charge in [0.05, 0.1) is 54.2 Å². The number of cyclic esters (lactones) is 2. The van der Waals surface area contributed by atoms with Gasteiger partial charge in [0.2, 0.25) is 17.7 Å². The number of carbonyl (C=O) groups excluding carboxylic acids is 10. The van der Waals surface area contributed by atoms with E-state index in [1.807, 2.05) is 13.8 Å². The molecule has 5 heterocycles. The van der Waals surface area contributed by atoms with Crippen molar-refractivity contribution < 1.29 is 91.4 Å². The lowest BCUT2D eigenvalue weighted by molar-refractivity contribution is -0.181. The standard InChI is InChI=1S/C10H16N2O5.C10H16N2O4.C9H16N2O3.C8H14N2O4.C4H4O3.C2H6/c1-17-10(16)7-3-2-6-12(11-7)8(13)4-5-9(14)15;1-7(13)11-6-4-5-9(10(15)16-3)12(11)8(2)14;1-7(12)6-11-5-3-4-8(10-11)9(13)14-2;1-14-8(13)6-3-2-4-10(9-6)5-7(11)12;5-3-1-2-4(6)7-3;1-2/h7,11H,2-6H2,1H3,(H,14,15);9H,4-6H2,1-3H3;8,10H,3-6H2,1-2H3;6,9H,2-5H2,1H3,(H,11,12);1-2H2;1-2H3. The Labute approximate surface area is 406 Å². The third kappa shape index (κ3) is 24.9. The zero-order valence-electron chi connectivity index (χ0n) is 41.6. The number of hydrogen-bond donors (Lipinski definition) is 5. The van der Waals surface area contributed by atoms with Crippen molar-refractivity contribution in [3.63, 3.8) is 0 Å². The molecule has 0 aromatic carbocycles. The van der Waals surface area contributed by atoms with E-state index in [0.717, 1.165) is 25.8 Å². The summed E-state index contributed by atoms with van der Waals surface area (Å²) in [6, 6.07) is -1.91. The van der Waals surface area contributed by atoms with Gasteiger partial charge in [-0.2, -0.15) is 0 Å². The molecule has 0 aliphatic carbocycles. The van der Waals surface area contributed by atoms with E-state index in [4.69, 9.17) is 10.2 Å². The fourth-order valence-corrected chi connectivity index (χ4v) is 6.93. The summed E-state index contributed by atoms with van der Waals surface area (Å²) in [7, 11) is 5.25. The van der Waals surface area contributed by atoms with Gasteiger partial charge in [-0.25, -0.2) is 36.1 Å². The predicted octanol–water partition coefficient (Wildman–Crippen LogP) is -0.740. The van der Waals surface area contributed by atoms with Gasteiger partial charge in [-0.1, -0.05) is 13.8 Å². The van der Waals surface area contributed by atoms with Crippen molar-refractivity contribution >= 4 is 71.3 Å². The summed E-state index contributed by atoms with van der Waals surface area (Å²) in [6.07, 6.45) is 5.89. The second-order valence-electron chi connectivity index (χ2n) is 15.5. The SMILES string of the molecule is CC.COC(=O)C1CCCN(C(=O)CCC(=O)O)N1.COC(=O)C1CCCN(C(C)=O)N1C(C)=O.COC(=O)C1CCCN(CC(=O)O)N1.COC(=O)C1CCCN(CC(C)=O)N1.O=C1CCC(=O)O1. The Morgan fingerprint density at radius 1 is 0.557 bits per heavy atom. The molecule has 4 unspecified atom stereocenters. The van der Waals surface area contributed by atoms with Crippen molar-refractivity contribution in [1.29, 1.82) is 0 Å². The Balaban J connectivity index is 0.000000858. The average molecular weight is 1010 g/mol. The van der Waals surface area contributed by atoms with Crippen LogP contribution in [0, 0.1) is 0 Å². The smallest absolute Gasteiger partial charge is 0.330 e. The zero-order chi connectivity index (χ0) is 53.5. The number of carbonyl (C=O) groups is 12. The lowest BCUT2D eigenvalue weighted by atomic mass is 10.1. The van der Waals surface area contributed by atoms with E-state index in [0.29, 0.717) is 58.3 Å². The van der Waals surface area contributed by atoms with Gasteiger partial charge in [-0.15, -0.1) is 0 Å². The Hall–Kier alpha value is -6.16. The first-order valence-corrected chi connectivity index (χ1v) is 22.7. The van der Waals surface area contributed by atoms with E-state index in [1.165, 1.54) is 69.2 Å². The second kappa shape index (κ2) is 35.0. The fraction of sp³-hybridized carbons (Fsp3) is 0.721. The molecule has 27 nitrogen and oxygen atoms in total. The number of carboxylic acids is 2. The van der Waals surface area contributed by atoms with Gasteiger partial charge in [-0.3, -0.25) is 62.8 Å². The number of ether oxygens (including phenoxy) is 5. The lowest BCUT2D eigenvalue weighted by Gasteiger charge is -2.41. The molecule has 398 valence electrons. The number of amides is 3. The van der Waals surface area contributed by atoms with Gasteiger partial charge in [0.1, 0.15) is 30.5 Å².